The number of aliphatic hydroxyl groups excluding tert-OH is 1. The van der Waals surface area contributed by atoms with Gasteiger partial charge in [0.05, 0.1) is 7.11 Å². The number of hydrogen-bond acceptors (Lipinski definition) is 5. The molecule has 0 aromatic carbocycles. The highest BCUT2D eigenvalue weighted by molar-refractivity contribution is 7.14. The van der Waals surface area contributed by atoms with E-state index in [4.69, 9.17) is 0 Å². The lowest BCUT2D eigenvalue weighted by Gasteiger charge is -2.05. The first-order valence-electron chi connectivity index (χ1n) is 4.19. The third-order valence-corrected chi connectivity index (χ3v) is 2.91. The van der Waals surface area contributed by atoms with Crippen molar-refractivity contribution in [2.45, 2.75) is 6.10 Å². The number of aliphatic hydroxyl groups is 1. The Hall–Kier alpha value is -0.910. The zero-order valence-corrected chi connectivity index (χ0v) is 8.93. The maximum Gasteiger partial charge on any atom is 0.348 e. The van der Waals surface area contributed by atoms with Gasteiger partial charge in [-0.15, -0.1) is 11.3 Å². The largest absolute Gasteiger partial charge is 0.465 e. The molecular weight excluding hydrogens is 202 g/mol. The maximum absolute atomic E-state index is 11.1. The Bertz CT molecular complexity index is 311. The van der Waals surface area contributed by atoms with Crippen LogP contribution in [0.25, 0.3) is 0 Å². The zero-order valence-electron chi connectivity index (χ0n) is 8.11. The van der Waals surface area contributed by atoms with E-state index in [9.17, 15) is 9.90 Å². The average Bonchev–Trinajstić information content (AvgIpc) is 2.66. The summed E-state index contributed by atoms with van der Waals surface area (Å²) >= 11 is 1.25. The molecule has 0 radical (unpaired) electrons. The van der Waals surface area contributed by atoms with Gasteiger partial charge < -0.3 is 15.2 Å². The number of nitrogens with one attached hydrogen (secondary N) is 1. The Labute approximate surface area is 86.5 Å². The van der Waals surface area contributed by atoms with Gasteiger partial charge in [-0.3, -0.25) is 0 Å². The summed E-state index contributed by atoms with van der Waals surface area (Å²) in [6.07, 6.45) is -0.566. The zero-order chi connectivity index (χ0) is 10.6. The van der Waals surface area contributed by atoms with Crippen LogP contribution in [0.4, 0.5) is 0 Å². The summed E-state index contributed by atoms with van der Waals surface area (Å²) in [5.41, 5.74) is 0. The number of carbonyl (C=O) groups is 1. The first kappa shape index (κ1) is 11.2. The molecule has 1 aromatic rings. The summed E-state index contributed by atoms with van der Waals surface area (Å²) in [5, 5.41) is 12.4. The maximum atomic E-state index is 11.1. The van der Waals surface area contributed by atoms with E-state index >= 15 is 0 Å². The van der Waals surface area contributed by atoms with Crippen LogP contribution in [0.3, 0.4) is 0 Å². The van der Waals surface area contributed by atoms with E-state index in [1.807, 2.05) is 0 Å². The molecular formula is C9H13NO3S. The molecule has 1 unspecified atom stereocenters. The van der Waals surface area contributed by atoms with E-state index in [-0.39, 0.29) is 5.97 Å². The van der Waals surface area contributed by atoms with Crippen LogP contribution in [-0.2, 0) is 4.74 Å². The molecule has 0 saturated carbocycles. The lowest BCUT2D eigenvalue weighted by Crippen LogP contribution is -2.15. The molecule has 0 amide bonds. The van der Waals surface area contributed by atoms with Crippen molar-refractivity contribution in [3.05, 3.63) is 21.9 Å². The summed E-state index contributed by atoms with van der Waals surface area (Å²) in [4.78, 5) is 12.4. The van der Waals surface area contributed by atoms with Crippen molar-refractivity contribution in [1.29, 1.82) is 0 Å². The van der Waals surface area contributed by atoms with E-state index in [1.54, 1.807) is 19.2 Å². The molecule has 14 heavy (non-hydrogen) atoms. The van der Waals surface area contributed by atoms with Crippen molar-refractivity contribution in [2.75, 3.05) is 20.7 Å². The quantitative estimate of drug-likeness (QED) is 0.729. The number of thiophene rings is 1. The molecule has 1 heterocycles. The van der Waals surface area contributed by atoms with Crippen molar-refractivity contribution in [3.63, 3.8) is 0 Å². The molecule has 0 bridgehead atoms. The number of methoxy groups -OCH3 is 1. The van der Waals surface area contributed by atoms with Crippen LogP contribution < -0.4 is 5.32 Å². The highest BCUT2D eigenvalue weighted by atomic mass is 32.1. The van der Waals surface area contributed by atoms with E-state index in [2.05, 4.69) is 10.1 Å². The third-order valence-electron chi connectivity index (χ3n) is 1.74. The van der Waals surface area contributed by atoms with Crippen LogP contribution in [0, 0.1) is 0 Å². The first-order valence-corrected chi connectivity index (χ1v) is 5.01. The number of hydrogen-bond donors (Lipinski definition) is 2. The summed E-state index contributed by atoms with van der Waals surface area (Å²) in [7, 11) is 3.10. The van der Waals surface area contributed by atoms with Gasteiger partial charge in [-0.1, -0.05) is 0 Å². The van der Waals surface area contributed by atoms with E-state index in [0.717, 1.165) is 4.88 Å². The summed E-state index contributed by atoms with van der Waals surface area (Å²) in [5.74, 6) is -0.363. The van der Waals surface area contributed by atoms with E-state index in [0.29, 0.717) is 11.4 Å². The van der Waals surface area contributed by atoms with Crippen LogP contribution in [0.1, 0.15) is 20.7 Å². The molecule has 1 aromatic heterocycles. The predicted molar refractivity (Wildman–Crippen MR) is 54.5 cm³/mol. The Morgan fingerprint density at radius 2 is 2.43 bits per heavy atom. The Balaban J connectivity index is 2.72. The van der Waals surface area contributed by atoms with Crippen LogP contribution in [0.15, 0.2) is 12.1 Å². The smallest absolute Gasteiger partial charge is 0.348 e. The molecule has 0 aliphatic rings. The highest BCUT2D eigenvalue weighted by Gasteiger charge is 2.13. The monoisotopic (exact) mass is 215 g/mol. The molecule has 78 valence electrons. The molecule has 1 rings (SSSR count). The van der Waals surface area contributed by atoms with Crippen LogP contribution in [-0.4, -0.2) is 31.8 Å². The number of esters is 1. The number of rotatable bonds is 4. The van der Waals surface area contributed by atoms with E-state index < -0.39 is 6.10 Å². The van der Waals surface area contributed by atoms with Crippen molar-refractivity contribution < 1.29 is 14.6 Å². The number of ether oxygens (including phenoxy) is 1. The second kappa shape index (κ2) is 5.09. The van der Waals surface area contributed by atoms with Gasteiger partial charge in [0.1, 0.15) is 11.0 Å². The van der Waals surface area contributed by atoms with Gasteiger partial charge in [0.15, 0.2) is 0 Å². The van der Waals surface area contributed by atoms with Crippen molar-refractivity contribution in [1.82, 2.24) is 5.32 Å². The number of likely N-dealkylation sites (N-methyl/N-ethyl adjacent to an activating group) is 1. The van der Waals surface area contributed by atoms with Crippen LogP contribution in [0.2, 0.25) is 0 Å². The highest BCUT2D eigenvalue weighted by Crippen LogP contribution is 2.23. The SMILES string of the molecule is CNCC(O)c1ccc(C(=O)OC)s1. The fourth-order valence-electron chi connectivity index (χ4n) is 1.04. The second-order valence-electron chi connectivity index (χ2n) is 2.77. The Morgan fingerprint density at radius 3 is 3.00 bits per heavy atom. The van der Waals surface area contributed by atoms with Gasteiger partial charge in [0, 0.05) is 11.4 Å². The molecule has 0 aliphatic carbocycles. The van der Waals surface area contributed by atoms with Crippen molar-refractivity contribution in [3.8, 4) is 0 Å². The summed E-state index contributed by atoms with van der Waals surface area (Å²) in [6.45, 7) is 0.473. The summed E-state index contributed by atoms with van der Waals surface area (Å²) in [6, 6.07) is 3.39. The van der Waals surface area contributed by atoms with Crippen molar-refractivity contribution >= 4 is 17.3 Å². The number of carbonyl (C=O) groups excluding carboxylic acids is 1. The minimum Gasteiger partial charge on any atom is -0.465 e. The van der Waals surface area contributed by atoms with Gasteiger partial charge in [-0.2, -0.15) is 0 Å². The predicted octanol–water partition coefficient (Wildman–Crippen LogP) is 0.788. The minimum absolute atomic E-state index is 0.363. The van der Waals surface area contributed by atoms with Gasteiger partial charge in [0.25, 0.3) is 0 Å². The molecule has 5 heteroatoms. The van der Waals surface area contributed by atoms with Crippen molar-refractivity contribution in [2.24, 2.45) is 0 Å². The second-order valence-corrected chi connectivity index (χ2v) is 3.88. The lowest BCUT2D eigenvalue weighted by molar-refractivity contribution is 0.0606. The molecule has 1 atom stereocenters. The van der Waals surface area contributed by atoms with Gasteiger partial charge in [0.2, 0.25) is 0 Å². The fraction of sp³-hybridized carbons (Fsp3) is 0.444. The van der Waals surface area contributed by atoms with Crippen LogP contribution >= 0.6 is 11.3 Å². The molecule has 0 aliphatic heterocycles. The fourth-order valence-corrected chi connectivity index (χ4v) is 1.95. The molecule has 0 fully saturated rings. The normalized spacial score (nSPS) is 12.5. The Morgan fingerprint density at radius 1 is 1.71 bits per heavy atom. The minimum atomic E-state index is -0.566. The van der Waals surface area contributed by atoms with Crippen LogP contribution in [0.5, 0.6) is 0 Å². The van der Waals surface area contributed by atoms with E-state index in [1.165, 1.54) is 18.4 Å². The lowest BCUT2D eigenvalue weighted by atomic mass is 10.3. The van der Waals surface area contributed by atoms with Gasteiger partial charge in [-0.05, 0) is 19.2 Å². The molecule has 0 saturated heterocycles. The third kappa shape index (κ3) is 2.54. The average molecular weight is 215 g/mol. The Kier molecular flexibility index (Phi) is 4.06. The van der Waals surface area contributed by atoms with Gasteiger partial charge in [-0.25, -0.2) is 4.79 Å². The topological polar surface area (TPSA) is 58.6 Å². The summed E-state index contributed by atoms with van der Waals surface area (Å²) < 4.78 is 4.56. The molecule has 2 N–H and O–H groups in total. The van der Waals surface area contributed by atoms with Gasteiger partial charge >= 0.3 is 5.97 Å². The molecule has 0 spiro atoms. The standard InChI is InChI=1S/C9H13NO3S/c1-10-5-6(11)7-3-4-8(14-7)9(12)13-2/h3-4,6,10-11H,5H2,1-2H3. The molecule has 4 nitrogen and oxygen atoms in total. The first-order chi connectivity index (χ1) is 6.69.